The Bertz CT molecular complexity index is 740. The molecular formula is C23H28O. The second kappa shape index (κ2) is 6.20. The number of fused-ring (bicyclic) bond motifs is 4. The van der Waals surface area contributed by atoms with E-state index in [4.69, 9.17) is 0 Å². The van der Waals surface area contributed by atoms with Crippen LogP contribution in [0.5, 0.6) is 0 Å². The highest BCUT2D eigenvalue weighted by Crippen LogP contribution is 2.30. The Morgan fingerprint density at radius 1 is 0.750 bits per heavy atom. The van der Waals surface area contributed by atoms with E-state index >= 15 is 0 Å². The summed E-state index contributed by atoms with van der Waals surface area (Å²) in [6, 6.07) is 8.97. The van der Waals surface area contributed by atoms with Gasteiger partial charge in [-0.25, -0.2) is 0 Å². The fourth-order valence-electron chi connectivity index (χ4n) is 3.78. The number of carbonyl (C=O) groups is 1. The number of carbonyl (C=O) groups excluding carboxylic acids is 1. The second-order valence-corrected chi connectivity index (χ2v) is 8.25. The average Bonchev–Trinajstić information content (AvgIpc) is 2.52. The lowest BCUT2D eigenvalue weighted by Gasteiger charge is -2.25. The van der Waals surface area contributed by atoms with Crippen LogP contribution in [0.3, 0.4) is 0 Å². The van der Waals surface area contributed by atoms with Crippen LogP contribution >= 0.6 is 0 Å². The Morgan fingerprint density at radius 2 is 1.12 bits per heavy atom. The maximum atomic E-state index is 11.3. The Kier molecular flexibility index (Phi) is 4.38. The maximum absolute atomic E-state index is 11.3. The van der Waals surface area contributed by atoms with Gasteiger partial charge < -0.3 is 0 Å². The quantitative estimate of drug-likeness (QED) is 0.652. The van der Waals surface area contributed by atoms with Crippen molar-refractivity contribution in [3.05, 3.63) is 68.8 Å². The molecule has 126 valence electrons. The lowest BCUT2D eigenvalue weighted by atomic mass is 9.80. The fourth-order valence-corrected chi connectivity index (χ4v) is 3.78. The van der Waals surface area contributed by atoms with Crippen LogP contribution in [-0.2, 0) is 31.1 Å². The number of hydrogen-bond acceptors (Lipinski definition) is 1. The molecule has 24 heavy (non-hydrogen) atoms. The smallest absolute Gasteiger partial charge is 0.150 e. The molecule has 0 N–H and O–H groups in total. The van der Waals surface area contributed by atoms with Crippen molar-refractivity contribution >= 4 is 6.29 Å². The van der Waals surface area contributed by atoms with Crippen molar-refractivity contribution < 1.29 is 4.79 Å². The molecule has 0 aliphatic heterocycles. The minimum absolute atomic E-state index is 0.177. The highest BCUT2D eigenvalue weighted by molar-refractivity contribution is 5.76. The minimum atomic E-state index is 0.177. The summed E-state index contributed by atoms with van der Waals surface area (Å²) in [7, 11) is 0. The average molecular weight is 320 g/mol. The third-order valence-corrected chi connectivity index (χ3v) is 5.60. The van der Waals surface area contributed by atoms with Gasteiger partial charge in [-0.05, 0) is 96.0 Å². The number of hydrogen-bond donors (Lipinski definition) is 0. The van der Waals surface area contributed by atoms with Gasteiger partial charge in [-0.3, -0.25) is 4.79 Å². The van der Waals surface area contributed by atoms with Crippen molar-refractivity contribution in [2.24, 2.45) is 0 Å². The fraction of sp³-hybridized carbons (Fsp3) is 0.435. The predicted octanol–water partition coefficient (Wildman–Crippen LogP) is 5.30. The van der Waals surface area contributed by atoms with Crippen LogP contribution in [0.1, 0.15) is 70.1 Å². The van der Waals surface area contributed by atoms with Crippen molar-refractivity contribution in [3.63, 3.8) is 0 Å². The molecular weight excluding hydrogens is 292 g/mol. The van der Waals surface area contributed by atoms with Crippen LogP contribution in [0.4, 0.5) is 0 Å². The first-order chi connectivity index (χ1) is 11.3. The largest absolute Gasteiger partial charge is 0.298 e. The van der Waals surface area contributed by atoms with Gasteiger partial charge in [-0.1, -0.05) is 32.9 Å². The van der Waals surface area contributed by atoms with Gasteiger partial charge in [0.1, 0.15) is 6.29 Å². The van der Waals surface area contributed by atoms with Gasteiger partial charge in [0.2, 0.25) is 0 Å². The molecule has 0 radical (unpaired) electrons. The third-order valence-electron chi connectivity index (χ3n) is 5.60. The maximum Gasteiger partial charge on any atom is 0.150 e. The zero-order valence-corrected chi connectivity index (χ0v) is 15.6. The van der Waals surface area contributed by atoms with Crippen LogP contribution in [-0.4, -0.2) is 6.29 Å². The summed E-state index contributed by atoms with van der Waals surface area (Å²) in [4.78, 5) is 11.3. The summed E-state index contributed by atoms with van der Waals surface area (Å²) < 4.78 is 0. The van der Waals surface area contributed by atoms with Gasteiger partial charge in [0.05, 0.1) is 0 Å². The van der Waals surface area contributed by atoms with E-state index in [1.54, 1.807) is 0 Å². The van der Waals surface area contributed by atoms with Crippen molar-refractivity contribution in [1.29, 1.82) is 0 Å². The molecule has 0 unspecified atom stereocenters. The zero-order valence-electron chi connectivity index (χ0n) is 15.6. The number of rotatable bonds is 1. The first-order valence-electron chi connectivity index (χ1n) is 9.00. The van der Waals surface area contributed by atoms with Crippen molar-refractivity contribution in [3.8, 4) is 0 Å². The summed E-state index contributed by atoms with van der Waals surface area (Å²) >= 11 is 0. The highest BCUT2D eigenvalue weighted by atomic mass is 16.1. The van der Waals surface area contributed by atoms with Gasteiger partial charge >= 0.3 is 0 Å². The van der Waals surface area contributed by atoms with E-state index in [0.29, 0.717) is 0 Å². The Morgan fingerprint density at radius 3 is 1.46 bits per heavy atom. The third kappa shape index (κ3) is 3.17. The van der Waals surface area contributed by atoms with Crippen LogP contribution in [0, 0.1) is 13.8 Å². The lowest BCUT2D eigenvalue weighted by Crippen LogP contribution is -2.15. The first-order valence-corrected chi connectivity index (χ1v) is 9.00. The Hall–Kier alpha value is -1.89. The molecule has 1 heteroatoms. The summed E-state index contributed by atoms with van der Waals surface area (Å²) in [6.45, 7) is 11.4. The van der Waals surface area contributed by atoms with E-state index in [0.717, 1.165) is 37.5 Å². The van der Waals surface area contributed by atoms with Gasteiger partial charge in [-0.15, -0.1) is 0 Å². The molecule has 0 amide bonds. The highest BCUT2D eigenvalue weighted by Gasteiger charge is 2.19. The van der Waals surface area contributed by atoms with Gasteiger partial charge in [0.25, 0.3) is 0 Å². The van der Waals surface area contributed by atoms with Gasteiger partial charge in [0.15, 0.2) is 0 Å². The molecule has 0 fully saturated rings. The first kappa shape index (κ1) is 17.0. The van der Waals surface area contributed by atoms with E-state index in [1.165, 1.54) is 38.9 Å². The van der Waals surface area contributed by atoms with E-state index in [2.05, 4.69) is 58.9 Å². The molecule has 4 bridgehead atoms. The van der Waals surface area contributed by atoms with E-state index < -0.39 is 0 Å². The van der Waals surface area contributed by atoms with Crippen LogP contribution in [0.15, 0.2) is 24.3 Å². The second-order valence-electron chi connectivity index (χ2n) is 8.25. The van der Waals surface area contributed by atoms with E-state index in [1.807, 2.05) is 0 Å². The summed E-state index contributed by atoms with van der Waals surface area (Å²) in [6.07, 6.45) is 5.10. The molecule has 0 saturated heterocycles. The van der Waals surface area contributed by atoms with Gasteiger partial charge in [0, 0.05) is 5.56 Å². The molecule has 0 atom stereocenters. The Labute approximate surface area is 146 Å². The van der Waals surface area contributed by atoms with Crippen LogP contribution < -0.4 is 0 Å². The minimum Gasteiger partial charge on any atom is -0.298 e. The number of benzene rings is 2. The molecule has 0 heterocycles. The van der Waals surface area contributed by atoms with Gasteiger partial charge in [-0.2, -0.15) is 0 Å². The molecule has 0 spiro atoms. The molecule has 1 aliphatic carbocycles. The monoisotopic (exact) mass is 320 g/mol. The molecule has 0 aromatic heterocycles. The molecule has 3 rings (SSSR count). The van der Waals surface area contributed by atoms with Crippen LogP contribution in [0.2, 0.25) is 0 Å². The number of aryl methyl sites for hydroxylation is 4. The van der Waals surface area contributed by atoms with Crippen molar-refractivity contribution in [2.45, 2.75) is 65.7 Å². The lowest BCUT2D eigenvalue weighted by molar-refractivity contribution is 0.112. The topological polar surface area (TPSA) is 17.1 Å². The normalized spacial score (nSPS) is 14.4. The predicted molar refractivity (Wildman–Crippen MR) is 101 cm³/mol. The zero-order chi connectivity index (χ0) is 17.5. The van der Waals surface area contributed by atoms with E-state index in [9.17, 15) is 4.79 Å². The van der Waals surface area contributed by atoms with Crippen molar-refractivity contribution in [1.82, 2.24) is 0 Å². The summed E-state index contributed by atoms with van der Waals surface area (Å²) in [5, 5.41) is 0. The molecule has 1 aliphatic rings. The number of aldehydes is 1. The molecule has 1 nitrogen and oxygen atoms in total. The van der Waals surface area contributed by atoms with Crippen molar-refractivity contribution in [2.75, 3.05) is 0 Å². The molecule has 0 saturated carbocycles. The summed E-state index contributed by atoms with van der Waals surface area (Å²) in [5.74, 6) is 0. The standard InChI is InChI=1S/C23H28O/c1-15-18-6-8-20-12-22(23(3,4)5)13-21(16(20)2)9-7-19(15)11-17(10-18)14-24/h10-14H,6-9H2,1-5H3. The SMILES string of the molecule is Cc1c2cc(C=O)cc1CCc1cc(C(C)(C)C)cc(c1C)CC2. The Balaban J connectivity index is 2.11. The summed E-state index contributed by atoms with van der Waals surface area (Å²) in [5.41, 5.74) is 10.9. The molecule has 2 aromatic carbocycles. The van der Waals surface area contributed by atoms with E-state index in [-0.39, 0.29) is 5.41 Å². The van der Waals surface area contributed by atoms with Crippen LogP contribution in [0.25, 0.3) is 0 Å². The molecule has 2 aromatic rings.